The SMILES string of the molecule is CCN(CC)C(=S)SCCOC(=O)C(C)(C)CC. The molecule has 0 spiro atoms. The molecule has 0 unspecified atom stereocenters. The van der Waals surface area contributed by atoms with Crippen LogP contribution in [0.25, 0.3) is 0 Å². The molecule has 0 aliphatic carbocycles. The zero-order valence-electron chi connectivity index (χ0n) is 12.1. The fourth-order valence-corrected chi connectivity index (χ4v) is 2.47. The Balaban J connectivity index is 3.87. The van der Waals surface area contributed by atoms with E-state index in [2.05, 4.69) is 18.7 Å². The zero-order chi connectivity index (χ0) is 14.2. The van der Waals surface area contributed by atoms with Crippen molar-refractivity contribution in [3.8, 4) is 0 Å². The van der Waals surface area contributed by atoms with Gasteiger partial charge in [0.15, 0.2) is 0 Å². The van der Waals surface area contributed by atoms with Crippen molar-refractivity contribution in [2.45, 2.75) is 41.0 Å². The summed E-state index contributed by atoms with van der Waals surface area (Å²) in [5, 5.41) is 0. The summed E-state index contributed by atoms with van der Waals surface area (Å²) in [5.74, 6) is 0.597. The second-order valence-corrected chi connectivity index (χ2v) is 6.39. The molecule has 0 saturated carbocycles. The summed E-state index contributed by atoms with van der Waals surface area (Å²) in [7, 11) is 0. The molecule has 3 nitrogen and oxygen atoms in total. The van der Waals surface area contributed by atoms with Crippen molar-refractivity contribution in [1.82, 2.24) is 4.90 Å². The highest BCUT2D eigenvalue weighted by Crippen LogP contribution is 2.21. The van der Waals surface area contributed by atoms with Crippen LogP contribution < -0.4 is 0 Å². The first-order chi connectivity index (χ1) is 8.38. The molecule has 0 aliphatic heterocycles. The molecule has 18 heavy (non-hydrogen) atoms. The van der Waals surface area contributed by atoms with Gasteiger partial charge >= 0.3 is 5.97 Å². The monoisotopic (exact) mass is 291 g/mol. The maximum atomic E-state index is 11.7. The summed E-state index contributed by atoms with van der Waals surface area (Å²) < 4.78 is 6.14. The van der Waals surface area contributed by atoms with Crippen LogP contribution in [0, 0.1) is 5.41 Å². The van der Waals surface area contributed by atoms with Gasteiger partial charge in [0.2, 0.25) is 0 Å². The summed E-state index contributed by atoms with van der Waals surface area (Å²) in [6, 6.07) is 0. The predicted octanol–water partition coefficient (Wildman–Crippen LogP) is 3.33. The summed E-state index contributed by atoms with van der Waals surface area (Å²) in [4.78, 5) is 13.8. The molecular formula is C13H25NO2S2. The summed E-state index contributed by atoms with van der Waals surface area (Å²) in [6.07, 6.45) is 0.789. The van der Waals surface area contributed by atoms with E-state index in [1.165, 1.54) is 0 Å². The fraction of sp³-hybridized carbons (Fsp3) is 0.846. The lowest BCUT2D eigenvalue weighted by Gasteiger charge is -2.22. The van der Waals surface area contributed by atoms with Crippen molar-refractivity contribution in [2.24, 2.45) is 5.41 Å². The van der Waals surface area contributed by atoms with Crippen LogP contribution in [0.3, 0.4) is 0 Å². The first-order valence-electron chi connectivity index (χ1n) is 6.47. The number of carbonyl (C=O) groups is 1. The Morgan fingerprint density at radius 3 is 2.28 bits per heavy atom. The normalized spacial score (nSPS) is 11.2. The van der Waals surface area contributed by atoms with Crippen molar-refractivity contribution >= 4 is 34.3 Å². The molecule has 0 saturated heterocycles. The van der Waals surface area contributed by atoms with Crippen LogP contribution in [0.1, 0.15) is 41.0 Å². The summed E-state index contributed by atoms with van der Waals surface area (Å²) >= 11 is 6.87. The van der Waals surface area contributed by atoms with E-state index < -0.39 is 0 Å². The number of rotatable bonds is 7. The van der Waals surface area contributed by atoms with Crippen LogP contribution in [0.5, 0.6) is 0 Å². The minimum Gasteiger partial charge on any atom is -0.464 e. The van der Waals surface area contributed by atoms with E-state index in [4.69, 9.17) is 17.0 Å². The number of hydrogen-bond donors (Lipinski definition) is 0. The third kappa shape index (κ3) is 6.05. The Morgan fingerprint density at radius 2 is 1.83 bits per heavy atom. The van der Waals surface area contributed by atoms with Crippen molar-refractivity contribution in [3.63, 3.8) is 0 Å². The van der Waals surface area contributed by atoms with E-state index >= 15 is 0 Å². The Bertz CT molecular complexity index is 276. The Morgan fingerprint density at radius 1 is 1.28 bits per heavy atom. The molecule has 0 fully saturated rings. The highest BCUT2D eigenvalue weighted by atomic mass is 32.2. The molecule has 106 valence electrons. The molecule has 0 atom stereocenters. The van der Waals surface area contributed by atoms with Crippen molar-refractivity contribution in [1.29, 1.82) is 0 Å². The van der Waals surface area contributed by atoms with Crippen molar-refractivity contribution in [2.75, 3.05) is 25.4 Å². The second-order valence-electron chi connectivity index (χ2n) is 4.66. The molecule has 0 N–H and O–H groups in total. The lowest BCUT2D eigenvalue weighted by molar-refractivity contribution is -0.153. The Labute approximate surface area is 121 Å². The van der Waals surface area contributed by atoms with Gasteiger partial charge < -0.3 is 9.64 Å². The quantitative estimate of drug-likeness (QED) is 0.408. The van der Waals surface area contributed by atoms with Crippen LogP contribution in [0.2, 0.25) is 0 Å². The number of hydrogen-bond acceptors (Lipinski definition) is 4. The minimum atomic E-state index is -0.385. The smallest absolute Gasteiger partial charge is 0.311 e. The molecule has 0 amide bonds. The number of carbonyl (C=O) groups excluding carboxylic acids is 1. The Kier molecular flexibility index (Phi) is 8.61. The van der Waals surface area contributed by atoms with Crippen LogP contribution in [0.15, 0.2) is 0 Å². The molecule has 0 heterocycles. The molecular weight excluding hydrogens is 266 g/mol. The highest BCUT2D eigenvalue weighted by Gasteiger charge is 2.26. The molecule has 0 aromatic rings. The second kappa shape index (κ2) is 8.75. The van der Waals surface area contributed by atoms with Gasteiger partial charge in [-0.05, 0) is 34.1 Å². The van der Waals surface area contributed by atoms with E-state index in [1.807, 2.05) is 20.8 Å². The van der Waals surface area contributed by atoms with E-state index in [-0.39, 0.29) is 11.4 Å². The van der Waals surface area contributed by atoms with Crippen LogP contribution in [-0.2, 0) is 9.53 Å². The van der Waals surface area contributed by atoms with Gasteiger partial charge in [-0.2, -0.15) is 0 Å². The predicted molar refractivity (Wildman–Crippen MR) is 83.0 cm³/mol. The van der Waals surface area contributed by atoms with Gasteiger partial charge in [0, 0.05) is 18.8 Å². The van der Waals surface area contributed by atoms with Crippen LogP contribution in [0.4, 0.5) is 0 Å². The summed E-state index contributed by atoms with van der Waals surface area (Å²) in [6.45, 7) is 12.2. The average molecular weight is 291 g/mol. The first kappa shape index (κ1) is 17.7. The maximum Gasteiger partial charge on any atom is 0.311 e. The third-order valence-corrected chi connectivity index (χ3v) is 4.49. The number of ether oxygens (including phenoxy) is 1. The molecule has 0 rings (SSSR count). The zero-order valence-corrected chi connectivity index (χ0v) is 13.7. The van der Waals surface area contributed by atoms with Gasteiger partial charge in [-0.25, -0.2) is 0 Å². The van der Waals surface area contributed by atoms with Crippen LogP contribution in [-0.4, -0.2) is 40.6 Å². The van der Waals surface area contributed by atoms with Crippen molar-refractivity contribution < 1.29 is 9.53 Å². The van der Waals surface area contributed by atoms with E-state index in [0.29, 0.717) is 6.61 Å². The van der Waals surface area contributed by atoms with Gasteiger partial charge in [0.1, 0.15) is 10.9 Å². The lowest BCUT2D eigenvalue weighted by Crippen LogP contribution is -2.28. The molecule has 0 aliphatic rings. The molecule has 5 heteroatoms. The van der Waals surface area contributed by atoms with Gasteiger partial charge in [0.25, 0.3) is 0 Å². The number of thioether (sulfide) groups is 1. The number of thiocarbonyl (C=S) groups is 1. The molecule has 0 bridgehead atoms. The topological polar surface area (TPSA) is 29.5 Å². The van der Waals surface area contributed by atoms with Gasteiger partial charge in [0.05, 0.1) is 5.41 Å². The minimum absolute atomic E-state index is 0.126. The van der Waals surface area contributed by atoms with E-state index in [1.54, 1.807) is 11.8 Å². The average Bonchev–Trinajstić information content (AvgIpc) is 2.35. The van der Waals surface area contributed by atoms with Gasteiger partial charge in [-0.1, -0.05) is 30.9 Å². The van der Waals surface area contributed by atoms with Gasteiger partial charge in [-0.15, -0.1) is 0 Å². The molecule has 0 radical (unpaired) electrons. The number of esters is 1. The van der Waals surface area contributed by atoms with Crippen molar-refractivity contribution in [3.05, 3.63) is 0 Å². The highest BCUT2D eigenvalue weighted by molar-refractivity contribution is 8.22. The maximum absolute atomic E-state index is 11.7. The van der Waals surface area contributed by atoms with E-state index in [9.17, 15) is 4.79 Å². The largest absolute Gasteiger partial charge is 0.464 e. The Hall–Kier alpha value is -0.290. The lowest BCUT2D eigenvalue weighted by atomic mass is 9.91. The summed E-state index contributed by atoms with van der Waals surface area (Å²) in [5.41, 5.74) is -0.385. The fourth-order valence-electron chi connectivity index (χ4n) is 1.18. The first-order valence-corrected chi connectivity index (χ1v) is 7.87. The third-order valence-electron chi connectivity index (χ3n) is 3.00. The number of nitrogens with zero attached hydrogens (tertiary/aromatic N) is 1. The van der Waals surface area contributed by atoms with Gasteiger partial charge in [-0.3, -0.25) is 4.79 Å². The molecule has 0 aromatic carbocycles. The standard InChI is InChI=1S/C13H25NO2S2/c1-6-13(4,5)11(15)16-9-10-18-12(17)14(7-2)8-3/h6-10H2,1-5H3. The molecule has 0 aromatic heterocycles. The van der Waals surface area contributed by atoms with Crippen LogP contribution >= 0.6 is 24.0 Å². The van der Waals surface area contributed by atoms with E-state index in [0.717, 1.165) is 29.6 Å².